The summed E-state index contributed by atoms with van der Waals surface area (Å²) >= 11 is 0. The van der Waals surface area contributed by atoms with Gasteiger partial charge in [0, 0.05) is 12.5 Å². The molecule has 0 aliphatic heterocycles. The van der Waals surface area contributed by atoms with Gasteiger partial charge in [0.2, 0.25) is 0 Å². The minimum Gasteiger partial charge on any atom is -0.474 e. The summed E-state index contributed by atoms with van der Waals surface area (Å²) in [6, 6.07) is 12.4. The maximum absolute atomic E-state index is 11.4. The largest absolute Gasteiger partial charge is 0.474 e. The molecule has 0 radical (unpaired) electrons. The zero-order valence-corrected chi connectivity index (χ0v) is 15.5. The van der Waals surface area contributed by atoms with E-state index in [1.54, 1.807) is 6.26 Å². The van der Waals surface area contributed by atoms with Gasteiger partial charge >= 0.3 is 5.97 Å². The molecule has 4 heteroatoms. The number of hydrogen-bond donors (Lipinski definition) is 0. The predicted octanol–water partition coefficient (Wildman–Crippen LogP) is 4.45. The summed E-state index contributed by atoms with van der Waals surface area (Å²) in [6.07, 6.45) is 4.29. The van der Waals surface area contributed by atoms with Crippen LogP contribution in [0.2, 0.25) is 19.6 Å². The van der Waals surface area contributed by atoms with Gasteiger partial charge < -0.3 is 9.15 Å². The van der Waals surface area contributed by atoms with E-state index >= 15 is 0 Å². The Bertz CT molecular complexity index is 626. The van der Waals surface area contributed by atoms with Crippen LogP contribution in [-0.2, 0) is 16.0 Å². The molecule has 3 nitrogen and oxygen atoms in total. The van der Waals surface area contributed by atoms with Gasteiger partial charge in [0.1, 0.15) is 14.2 Å². The van der Waals surface area contributed by atoms with Crippen LogP contribution in [-0.4, -0.2) is 14.0 Å². The number of benzene rings is 1. The fraction of sp³-hybridized carbons (Fsp3) is 0.421. The first-order valence-corrected chi connectivity index (χ1v) is 11.7. The molecule has 23 heavy (non-hydrogen) atoms. The van der Waals surface area contributed by atoms with E-state index in [9.17, 15) is 4.79 Å². The van der Waals surface area contributed by atoms with Gasteiger partial charge in [-0.2, -0.15) is 0 Å². The summed E-state index contributed by atoms with van der Waals surface area (Å²) < 4.78 is 11.2. The zero-order chi connectivity index (χ0) is 16.9. The number of hydrogen-bond acceptors (Lipinski definition) is 3. The molecule has 0 fully saturated rings. The quantitative estimate of drug-likeness (QED) is 0.556. The number of rotatable bonds is 7. The van der Waals surface area contributed by atoms with Gasteiger partial charge in [0.05, 0.1) is 11.6 Å². The SMILES string of the molecule is CC(=O)OC(CCCc1ccccc1)c1coc([Si](C)(C)C)c1. The summed E-state index contributed by atoms with van der Waals surface area (Å²) in [4.78, 5) is 11.4. The topological polar surface area (TPSA) is 39.4 Å². The Morgan fingerprint density at radius 1 is 1.22 bits per heavy atom. The van der Waals surface area contributed by atoms with Crippen molar-refractivity contribution in [3.05, 3.63) is 53.8 Å². The summed E-state index contributed by atoms with van der Waals surface area (Å²) in [6.45, 7) is 8.19. The second-order valence-corrected chi connectivity index (χ2v) is 12.0. The van der Waals surface area contributed by atoms with E-state index in [1.807, 2.05) is 6.07 Å². The number of esters is 1. The molecule has 1 unspecified atom stereocenters. The fourth-order valence-corrected chi connectivity index (χ4v) is 3.56. The molecule has 0 bridgehead atoms. The Labute approximate surface area is 139 Å². The van der Waals surface area contributed by atoms with Crippen LogP contribution >= 0.6 is 0 Å². The van der Waals surface area contributed by atoms with Crippen LogP contribution < -0.4 is 5.38 Å². The van der Waals surface area contributed by atoms with Crippen molar-refractivity contribution in [2.75, 3.05) is 0 Å². The molecule has 0 aliphatic carbocycles. The summed E-state index contributed by atoms with van der Waals surface area (Å²) in [5, 5.41) is 1.05. The minimum atomic E-state index is -1.49. The van der Waals surface area contributed by atoms with Crippen LogP contribution in [0.1, 0.15) is 37.0 Å². The Balaban J connectivity index is 2.02. The monoisotopic (exact) mass is 330 g/mol. The highest BCUT2D eigenvalue weighted by molar-refractivity contribution is 6.87. The maximum Gasteiger partial charge on any atom is 0.303 e. The number of carbonyl (C=O) groups is 1. The van der Waals surface area contributed by atoms with Crippen molar-refractivity contribution in [2.24, 2.45) is 0 Å². The molecule has 1 aromatic carbocycles. The Kier molecular flexibility index (Phi) is 5.83. The molecule has 1 aromatic heterocycles. The van der Waals surface area contributed by atoms with Gasteiger partial charge in [0.15, 0.2) is 0 Å². The summed E-state index contributed by atoms with van der Waals surface area (Å²) in [7, 11) is -1.49. The van der Waals surface area contributed by atoms with Crippen molar-refractivity contribution in [3.8, 4) is 0 Å². The van der Waals surface area contributed by atoms with Gasteiger partial charge in [-0.3, -0.25) is 4.79 Å². The van der Waals surface area contributed by atoms with Gasteiger partial charge in [0.25, 0.3) is 0 Å². The zero-order valence-electron chi connectivity index (χ0n) is 14.5. The second kappa shape index (κ2) is 7.64. The average molecular weight is 331 g/mol. The lowest BCUT2D eigenvalue weighted by atomic mass is 10.0. The molecule has 1 atom stereocenters. The predicted molar refractivity (Wildman–Crippen MR) is 95.6 cm³/mol. The Hall–Kier alpha value is -1.81. The van der Waals surface area contributed by atoms with Crippen molar-refractivity contribution in [1.82, 2.24) is 0 Å². The molecule has 0 N–H and O–H groups in total. The lowest BCUT2D eigenvalue weighted by Gasteiger charge is -2.16. The number of furan rings is 1. The van der Waals surface area contributed by atoms with Crippen LogP contribution in [0.15, 0.2) is 47.1 Å². The lowest BCUT2D eigenvalue weighted by molar-refractivity contribution is -0.147. The first-order valence-electron chi connectivity index (χ1n) is 8.16. The van der Waals surface area contributed by atoms with E-state index in [0.29, 0.717) is 0 Å². The van der Waals surface area contributed by atoms with Gasteiger partial charge in [-0.1, -0.05) is 50.0 Å². The highest BCUT2D eigenvalue weighted by Gasteiger charge is 2.24. The third-order valence-electron chi connectivity index (χ3n) is 3.81. The molecular weight excluding hydrogens is 304 g/mol. The molecule has 0 saturated heterocycles. The normalized spacial score (nSPS) is 12.9. The van der Waals surface area contributed by atoms with Crippen molar-refractivity contribution >= 4 is 19.4 Å². The molecule has 0 saturated carbocycles. The molecule has 2 aromatic rings. The van der Waals surface area contributed by atoms with Crippen LogP contribution in [0, 0.1) is 0 Å². The van der Waals surface area contributed by atoms with Crippen molar-refractivity contribution < 1.29 is 13.9 Å². The highest BCUT2D eigenvalue weighted by atomic mass is 28.3. The van der Waals surface area contributed by atoms with Crippen molar-refractivity contribution in [2.45, 2.75) is 51.9 Å². The van der Waals surface area contributed by atoms with Crippen LogP contribution in [0.3, 0.4) is 0 Å². The smallest absolute Gasteiger partial charge is 0.303 e. The molecule has 0 amide bonds. The fourth-order valence-electron chi connectivity index (χ4n) is 2.54. The molecule has 1 heterocycles. The summed E-state index contributed by atoms with van der Waals surface area (Å²) in [5.41, 5.74) is 2.29. The second-order valence-electron chi connectivity index (χ2n) is 6.97. The molecule has 2 rings (SSSR count). The van der Waals surface area contributed by atoms with Gasteiger partial charge in [-0.25, -0.2) is 0 Å². The molecule has 0 aliphatic rings. The average Bonchev–Trinajstić information content (AvgIpc) is 2.97. The Morgan fingerprint density at radius 3 is 2.48 bits per heavy atom. The Morgan fingerprint density at radius 2 is 1.91 bits per heavy atom. The summed E-state index contributed by atoms with van der Waals surface area (Å²) in [5.74, 6) is -0.245. The number of aryl methyl sites for hydroxylation is 1. The minimum absolute atomic E-state index is 0.218. The van der Waals surface area contributed by atoms with E-state index in [-0.39, 0.29) is 12.1 Å². The van der Waals surface area contributed by atoms with Crippen molar-refractivity contribution in [3.63, 3.8) is 0 Å². The van der Waals surface area contributed by atoms with Gasteiger partial charge in [-0.15, -0.1) is 0 Å². The van der Waals surface area contributed by atoms with Gasteiger partial charge in [-0.05, 0) is 30.9 Å². The van der Waals surface area contributed by atoms with Crippen molar-refractivity contribution in [1.29, 1.82) is 0 Å². The van der Waals surface area contributed by atoms with E-state index in [4.69, 9.17) is 9.15 Å². The number of ether oxygens (including phenoxy) is 1. The van der Waals surface area contributed by atoms with Crippen LogP contribution in [0.5, 0.6) is 0 Å². The molecular formula is C19H26O3Si. The van der Waals surface area contributed by atoms with E-state index in [2.05, 4.69) is 50.0 Å². The van der Waals surface area contributed by atoms with Crippen LogP contribution in [0.25, 0.3) is 0 Å². The molecule has 124 valence electrons. The standard InChI is InChI=1S/C19H26O3Si/c1-15(20)22-18(12-8-11-16-9-6-5-7-10-16)17-13-19(21-14-17)23(2,3)4/h5-7,9-10,13-14,18H,8,11-12H2,1-4H3. The van der Waals surface area contributed by atoms with E-state index in [1.165, 1.54) is 12.5 Å². The number of carbonyl (C=O) groups excluding carboxylic acids is 1. The first-order chi connectivity index (χ1) is 10.9. The lowest BCUT2D eigenvalue weighted by Crippen LogP contribution is -2.36. The first kappa shape index (κ1) is 17.5. The highest BCUT2D eigenvalue weighted by Crippen LogP contribution is 2.25. The van der Waals surface area contributed by atoms with E-state index in [0.717, 1.165) is 30.2 Å². The van der Waals surface area contributed by atoms with E-state index < -0.39 is 8.07 Å². The third-order valence-corrected chi connectivity index (χ3v) is 5.55. The maximum atomic E-state index is 11.4. The third kappa shape index (κ3) is 5.39. The van der Waals surface area contributed by atoms with Crippen LogP contribution in [0.4, 0.5) is 0 Å². The molecule has 0 spiro atoms.